The highest BCUT2D eigenvalue weighted by atomic mass is 16.4. The van der Waals surface area contributed by atoms with Crippen LogP contribution >= 0.6 is 0 Å². The molecule has 1 aromatic heterocycles. The van der Waals surface area contributed by atoms with Gasteiger partial charge in [-0.3, -0.25) is 0 Å². The van der Waals surface area contributed by atoms with E-state index in [9.17, 15) is 0 Å². The SMILES string of the molecule is CC(C)CNCc1coc(N(C)C(C)C)n1. The summed E-state index contributed by atoms with van der Waals surface area (Å²) in [6, 6.07) is 1.09. The summed E-state index contributed by atoms with van der Waals surface area (Å²) < 4.78 is 5.42. The standard InChI is InChI=1S/C12H23N3O/c1-9(2)6-13-7-11-8-16-12(14-11)15(5)10(3)4/h8-10,13H,6-7H2,1-5H3. The van der Waals surface area contributed by atoms with Crippen molar-refractivity contribution in [2.75, 3.05) is 18.5 Å². The first-order valence-corrected chi connectivity index (χ1v) is 5.88. The Hall–Kier alpha value is -1.03. The van der Waals surface area contributed by atoms with Crippen LogP contribution in [-0.4, -0.2) is 24.6 Å². The Balaban J connectivity index is 2.45. The van der Waals surface area contributed by atoms with E-state index in [0.717, 1.165) is 18.8 Å². The molecule has 0 aliphatic carbocycles. The van der Waals surface area contributed by atoms with Crippen LogP contribution in [-0.2, 0) is 6.54 Å². The van der Waals surface area contributed by atoms with Gasteiger partial charge in [-0.25, -0.2) is 0 Å². The van der Waals surface area contributed by atoms with Crippen molar-refractivity contribution in [1.29, 1.82) is 0 Å². The van der Waals surface area contributed by atoms with Gasteiger partial charge in [-0.1, -0.05) is 13.8 Å². The Labute approximate surface area is 98.0 Å². The number of oxazole rings is 1. The van der Waals surface area contributed by atoms with Gasteiger partial charge in [0.25, 0.3) is 6.01 Å². The molecule has 0 aliphatic rings. The van der Waals surface area contributed by atoms with Crippen LogP contribution in [0.4, 0.5) is 6.01 Å². The minimum absolute atomic E-state index is 0.398. The fraction of sp³-hybridized carbons (Fsp3) is 0.750. The van der Waals surface area contributed by atoms with E-state index in [1.165, 1.54) is 0 Å². The van der Waals surface area contributed by atoms with Crippen LogP contribution in [0.15, 0.2) is 10.7 Å². The summed E-state index contributed by atoms with van der Waals surface area (Å²) in [5.41, 5.74) is 0.961. The lowest BCUT2D eigenvalue weighted by Crippen LogP contribution is -2.26. The molecule has 0 atom stereocenters. The van der Waals surface area contributed by atoms with Gasteiger partial charge >= 0.3 is 0 Å². The van der Waals surface area contributed by atoms with Gasteiger partial charge < -0.3 is 14.6 Å². The van der Waals surface area contributed by atoms with Crippen LogP contribution in [0.3, 0.4) is 0 Å². The van der Waals surface area contributed by atoms with E-state index < -0.39 is 0 Å². The second-order valence-corrected chi connectivity index (χ2v) is 4.85. The third-order valence-corrected chi connectivity index (χ3v) is 2.47. The van der Waals surface area contributed by atoms with Crippen LogP contribution in [0.2, 0.25) is 0 Å². The molecular formula is C12H23N3O. The number of aromatic nitrogens is 1. The first-order chi connectivity index (χ1) is 7.50. The highest BCUT2D eigenvalue weighted by molar-refractivity contribution is 5.26. The van der Waals surface area contributed by atoms with Crippen LogP contribution < -0.4 is 10.2 Å². The predicted octanol–water partition coefficient (Wildman–Crippen LogP) is 2.26. The number of nitrogens with zero attached hydrogens (tertiary/aromatic N) is 2. The topological polar surface area (TPSA) is 41.3 Å². The summed E-state index contributed by atoms with van der Waals surface area (Å²) in [6.07, 6.45) is 1.72. The predicted molar refractivity (Wildman–Crippen MR) is 66.6 cm³/mol. The summed E-state index contributed by atoms with van der Waals surface area (Å²) in [6.45, 7) is 10.4. The van der Waals surface area contributed by atoms with E-state index >= 15 is 0 Å². The molecule has 92 valence electrons. The number of hydrogen-bond acceptors (Lipinski definition) is 4. The molecule has 0 spiro atoms. The van der Waals surface area contributed by atoms with Gasteiger partial charge in [0, 0.05) is 19.6 Å². The minimum atomic E-state index is 0.398. The van der Waals surface area contributed by atoms with E-state index in [0.29, 0.717) is 18.0 Å². The van der Waals surface area contributed by atoms with Gasteiger partial charge in [0.15, 0.2) is 0 Å². The minimum Gasteiger partial charge on any atom is -0.432 e. The lowest BCUT2D eigenvalue weighted by atomic mass is 10.2. The average Bonchev–Trinajstić information content (AvgIpc) is 2.64. The Morgan fingerprint density at radius 3 is 2.62 bits per heavy atom. The molecule has 1 N–H and O–H groups in total. The lowest BCUT2D eigenvalue weighted by Gasteiger charge is -2.18. The molecule has 1 heterocycles. The first-order valence-electron chi connectivity index (χ1n) is 5.88. The van der Waals surface area contributed by atoms with Crippen LogP contribution in [0.1, 0.15) is 33.4 Å². The lowest BCUT2D eigenvalue weighted by molar-refractivity contribution is 0.525. The summed E-state index contributed by atoms with van der Waals surface area (Å²) in [5, 5.41) is 3.34. The van der Waals surface area contributed by atoms with Crippen molar-refractivity contribution >= 4 is 6.01 Å². The molecule has 0 saturated carbocycles. The molecule has 1 aromatic rings. The van der Waals surface area contributed by atoms with E-state index in [1.54, 1.807) is 6.26 Å². The fourth-order valence-corrected chi connectivity index (χ4v) is 1.25. The highest BCUT2D eigenvalue weighted by Crippen LogP contribution is 2.14. The van der Waals surface area contributed by atoms with Gasteiger partial charge in [0.05, 0.1) is 5.69 Å². The third kappa shape index (κ3) is 3.85. The highest BCUT2D eigenvalue weighted by Gasteiger charge is 2.11. The van der Waals surface area contributed by atoms with Crippen LogP contribution in [0.25, 0.3) is 0 Å². The maximum Gasteiger partial charge on any atom is 0.297 e. The van der Waals surface area contributed by atoms with Crippen molar-refractivity contribution in [3.8, 4) is 0 Å². The van der Waals surface area contributed by atoms with Crippen molar-refractivity contribution in [1.82, 2.24) is 10.3 Å². The largest absolute Gasteiger partial charge is 0.432 e. The maximum absolute atomic E-state index is 5.42. The Kier molecular flexibility index (Phi) is 4.80. The van der Waals surface area contributed by atoms with Crippen molar-refractivity contribution in [3.05, 3.63) is 12.0 Å². The molecule has 16 heavy (non-hydrogen) atoms. The van der Waals surface area contributed by atoms with Crippen LogP contribution in [0, 0.1) is 5.92 Å². The molecule has 0 aromatic carbocycles. The zero-order valence-electron chi connectivity index (χ0n) is 10.9. The monoisotopic (exact) mass is 225 g/mol. The molecule has 0 radical (unpaired) electrons. The van der Waals surface area contributed by atoms with Gasteiger partial charge in [-0.05, 0) is 26.3 Å². The number of anilines is 1. The number of hydrogen-bond donors (Lipinski definition) is 1. The normalized spacial score (nSPS) is 11.4. The zero-order valence-corrected chi connectivity index (χ0v) is 10.9. The van der Waals surface area contributed by atoms with Crippen molar-refractivity contribution in [2.45, 2.75) is 40.3 Å². The molecule has 1 rings (SSSR count). The Morgan fingerprint density at radius 2 is 2.06 bits per heavy atom. The zero-order chi connectivity index (χ0) is 12.1. The average molecular weight is 225 g/mol. The van der Waals surface area contributed by atoms with Crippen molar-refractivity contribution in [3.63, 3.8) is 0 Å². The second-order valence-electron chi connectivity index (χ2n) is 4.85. The summed E-state index contributed by atoms with van der Waals surface area (Å²) >= 11 is 0. The smallest absolute Gasteiger partial charge is 0.297 e. The molecular weight excluding hydrogens is 202 g/mol. The van der Waals surface area contributed by atoms with E-state index in [-0.39, 0.29) is 0 Å². The molecule has 4 heteroatoms. The fourth-order valence-electron chi connectivity index (χ4n) is 1.25. The summed E-state index contributed by atoms with van der Waals surface area (Å²) in [7, 11) is 1.99. The van der Waals surface area contributed by atoms with Crippen molar-refractivity contribution < 1.29 is 4.42 Å². The molecule has 0 amide bonds. The van der Waals surface area contributed by atoms with Gasteiger partial charge in [-0.2, -0.15) is 4.98 Å². The number of nitrogens with one attached hydrogen (secondary N) is 1. The quantitative estimate of drug-likeness (QED) is 0.806. The molecule has 0 saturated heterocycles. The van der Waals surface area contributed by atoms with Crippen LogP contribution in [0.5, 0.6) is 0 Å². The Bertz CT molecular complexity index is 307. The van der Waals surface area contributed by atoms with Gasteiger partial charge in [0.2, 0.25) is 0 Å². The summed E-state index contributed by atoms with van der Waals surface area (Å²) in [4.78, 5) is 6.44. The second kappa shape index (κ2) is 5.89. The van der Waals surface area contributed by atoms with Gasteiger partial charge in [0.1, 0.15) is 6.26 Å². The third-order valence-electron chi connectivity index (χ3n) is 2.47. The van der Waals surface area contributed by atoms with E-state index in [4.69, 9.17) is 4.42 Å². The van der Waals surface area contributed by atoms with Gasteiger partial charge in [-0.15, -0.1) is 0 Å². The molecule has 0 fully saturated rings. The Morgan fingerprint density at radius 1 is 1.38 bits per heavy atom. The first kappa shape index (κ1) is 13.0. The van der Waals surface area contributed by atoms with E-state index in [1.807, 2.05) is 11.9 Å². The molecule has 0 bridgehead atoms. The maximum atomic E-state index is 5.42. The van der Waals surface area contributed by atoms with Crippen molar-refractivity contribution in [2.24, 2.45) is 5.92 Å². The molecule has 0 unspecified atom stereocenters. The van der Waals surface area contributed by atoms with E-state index in [2.05, 4.69) is 38.0 Å². The number of rotatable bonds is 6. The molecule has 4 nitrogen and oxygen atoms in total. The summed E-state index contributed by atoms with van der Waals surface area (Å²) in [5.74, 6) is 0.657. The molecule has 0 aliphatic heterocycles.